The second-order valence-corrected chi connectivity index (χ2v) is 8.33. The van der Waals surface area contributed by atoms with E-state index in [2.05, 4.69) is 19.9 Å². The monoisotopic (exact) mass is 368 g/mol. The Morgan fingerprint density at radius 2 is 2.00 bits per heavy atom. The minimum absolute atomic E-state index is 0.0349. The van der Waals surface area contributed by atoms with E-state index in [9.17, 15) is 13.2 Å². The van der Waals surface area contributed by atoms with Crippen LogP contribution in [0.5, 0.6) is 0 Å². The van der Waals surface area contributed by atoms with Crippen LogP contribution in [0.3, 0.4) is 0 Å². The summed E-state index contributed by atoms with van der Waals surface area (Å²) in [6.45, 7) is 5.48. The number of unbranched alkanes of at least 4 members (excludes halogenated alkanes) is 1. The number of nitrogens with one attached hydrogen (secondary N) is 2. The maximum atomic E-state index is 12.2. The first-order chi connectivity index (χ1) is 11.9. The Labute approximate surface area is 150 Å². The third-order valence-electron chi connectivity index (χ3n) is 4.21. The van der Waals surface area contributed by atoms with Gasteiger partial charge in [-0.1, -0.05) is 13.3 Å². The minimum atomic E-state index is -3.43. The lowest BCUT2D eigenvalue weighted by Crippen LogP contribution is -2.42. The van der Waals surface area contributed by atoms with Gasteiger partial charge in [-0.05, 0) is 44.7 Å². The highest BCUT2D eigenvalue weighted by molar-refractivity contribution is 7.89. The van der Waals surface area contributed by atoms with Gasteiger partial charge >= 0.3 is 0 Å². The van der Waals surface area contributed by atoms with Crippen LogP contribution in [-0.4, -0.2) is 44.2 Å². The molecule has 0 radical (unpaired) electrons. The van der Waals surface area contributed by atoms with Gasteiger partial charge < -0.3 is 10.2 Å². The average molecular weight is 369 g/mol. The highest BCUT2D eigenvalue weighted by Gasteiger charge is 2.20. The Bertz CT molecular complexity index is 655. The zero-order valence-electron chi connectivity index (χ0n) is 15.0. The van der Waals surface area contributed by atoms with E-state index in [1.807, 2.05) is 13.0 Å². The molecule has 1 aliphatic rings. The van der Waals surface area contributed by atoms with E-state index in [0.29, 0.717) is 12.1 Å². The third kappa shape index (κ3) is 6.28. The van der Waals surface area contributed by atoms with Gasteiger partial charge in [0.1, 0.15) is 5.82 Å². The summed E-state index contributed by atoms with van der Waals surface area (Å²) in [6, 6.07) is 2.85. The second kappa shape index (κ2) is 9.15. The van der Waals surface area contributed by atoms with Crippen molar-refractivity contribution in [1.29, 1.82) is 0 Å². The van der Waals surface area contributed by atoms with Crippen molar-refractivity contribution in [3.8, 4) is 0 Å². The molecule has 0 aromatic carbocycles. The number of hydrogen-bond acceptors (Lipinski definition) is 5. The molecule has 2 rings (SSSR count). The van der Waals surface area contributed by atoms with Crippen LogP contribution in [0.2, 0.25) is 0 Å². The highest BCUT2D eigenvalue weighted by Crippen LogP contribution is 2.19. The molecule has 1 fully saturated rings. The van der Waals surface area contributed by atoms with Gasteiger partial charge in [-0.3, -0.25) is 4.79 Å². The first kappa shape index (κ1) is 19.7. The lowest BCUT2D eigenvalue weighted by molar-refractivity contribution is -0.117. The third-order valence-corrected chi connectivity index (χ3v) is 5.75. The van der Waals surface area contributed by atoms with E-state index in [-0.39, 0.29) is 5.75 Å². The van der Waals surface area contributed by atoms with E-state index in [1.165, 1.54) is 26.2 Å². The van der Waals surface area contributed by atoms with Crippen molar-refractivity contribution in [3.63, 3.8) is 0 Å². The molecule has 0 aliphatic carbocycles. The number of hydrogen-bond donors (Lipinski definition) is 2. The van der Waals surface area contributed by atoms with Gasteiger partial charge in [0.25, 0.3) is 0 Å². The molecule has 0 bridgehead atoms. The summed E-state index contributed by atoms with van der Waals surface area (Å²) in [7, 11) is -3.43. The van der Waals surface area contributed by atoms with E-state index in [4.69, 9.17) is 0 Å². The molecular weight excluding hydrogens is 340 g/mol. The summed E-state index contributed by atoms with van der Waals surface area (Å²) in [4.78, 5) is 18.8. The molecule has 0 unspecified atom stereocenters. The predicted octanol–water partition coefficient (Wildman–Crippen LogP) is 2.12. The summed E-state index contributed by atoms with van der Waals surface area (Å²) in [5.74, 6) is 0.548. The topological polar surface area (TPSA) is 91.4 Å². The van der Waals surface area contributed by atoms with Crippen LogP contribution in [0.4, 0.5) is 11.5 Å². The molecule has 2 N–H and O–H groups in total. The zero-order valence-corrected chi connectivity index (χ0v) is 15.8. The number of amides is 1. The molecule has 8 heteroatoms. The van der Waals surface area contributed by atoms with Gasteiger partial charge in [0.05, 0.1) is 23.7 Å². The Kier molecular flexibility index (Phi) is 7.19. The second-order valence-electron chi connectivity index (χ2n) is 6.45. The van der Waals surface area contributed by atoms with Crippen molar-refractivity contribution in [2.24, 2.45) is 0 Å². The molecular formula is C17H28N4O3S. The van der Waals surface area contributed by atoms with Crippen molar-refractivity contribution in [2.45, 2.75) is 52.0 Å². The van der Waals surface area contributed by atoms with Crippen LogP contribution in [0.25, 0.3) is 0 Å². The van der Waals surface area contributed by atoms with Gasteiger partial charge in [-0.2, -0.15) is 0 Å². The normalized spacial score (nSPS) is 16.5. The molecule has 1 saturated heterocycles. The molecule has 0 spiro atoms. The smallest absolute Gasteiger partial charge is 0.242 e. The first-order valence-electron chi connectivity index (χ1n) is 8.93. The lowest BCUT2D eigenvalue weighted by atomic mass is 10.1. The number of rotatable bonds is 8. The zero-order chi connectivity index (χ0) is 18.3. The molecule has 1 amide bonds. The van der Waals surface area contributed by atoms with Crippen molar-refractivity contribution in [3.05, 3.63) is 18.3 Å². The van der Waals surface area contributed by atoms with Gasteiger partial charge in [-0.25, -0.2) is 18.1 Å². The SMILES string of the molecule is CCCCS(=O)(=O)N[C@H](C)C(=O)Nc1ccc(N2CCCCC2)nc1. The van der Waals surface area contributed by atoms with E-state index < -0.39 is 22.0 Å². The van der Waals surface area contributed by atoms with Gasteiger partial charge in [0.15, 0.2) is 0 Å². The number of piperidine rings is 1. The standard InChI is InChI=1S/C17H28N4O3S/c1-3-4-12-25(23,24)20-14(2)17(22)19-15-8-9-16(18-13-15)21-10-6-5-7-11-21/h8-9,13-14,20H,3-7,10-12H2,1-2H3,(H,19,22)/t14-/m1/s1. The molecule has 2 heterocycles. The van der Waals surface area contributed by atoms with Crippen LogP contribution in [0, 0.1) is 0 Å². The number of anilines is 2. The van der Waals surface area contributed by atoms with Crippen molar-refractivity contribution < 1.29 is 13.2 Å². The molecule has 0 saturated carbocycles. The fourth-order valence-corrected chi connectivity index (χ4v) is 4.17. The average Bonchev–Trinajstić information content (AvgIpc) is 2.61. The van der Waals surface area contributed by atoms with E-state index in [0.717, 1.165) is 25.3 Å². The summed E-state index contributed by atoms with van der Waals surface area (Å²) in [5.41, 5.74) is 0.561. The van der Waals surface area contributed by atoms with Crippen molar-refractivity contribution in [1.82, 2.24) is 9.71 Å². The van der Waals surface area contributed by atoms with Crippen LogP contribution < -0.4 is 14.9 Å². The first-order valence-corrected chi connectivity index (χ1v) is 10.6. The Hall–Kier alpha value is -1.67. The number of nitrogens with zero attached hydrogens (tertiary/aromatic N) is 2. The van der Waals surface area contributed by atoms with Crippen LogP contribution in [0.1, 0.15) is 46.0 Å². The van der Waals surface area contributed by atoms with Crippen LogP contribution in [0.15, 0.2) is 18.3 Å². The molecule has 140 valence electrons. The Balaban J connectivity index is 1.89. The molecule has 7 nitrogen and oxygen atoms in total. The number of sulfonamides is 1. The molecule has 1 aromatic rings. The van der Waals surface area contributed by atoms with Gasteiger partial charge in [0, 0.05) is 13.1 Å². The van der Waals surface area contributed by atoms with E-state index in [1.54, 1.807) is 12.3 Å². The summed E-state index contributed by atoms with van der Waals surface area (Å²) in [5, 5.41) is 2.70. The maximum absolute atomic E-state index is 12.2. The van der Waals surface area contributed by atoms with Crippen molar-refractivity contribution in [2.75, 3.05) is 29.1 Å². The maximum Gasteiger partial charge on any atom is 0.242 e. The fourth-order valence-electron chi connectivity index (χ4n) is 2.74. The van der Waals surface area contributed by atoms with Gasteiger partial charge in [0.2, 0.25) is 15.9 Å². The number of carbonyl (C=O) groups excluding carboxylic acids is 1. The Morgan fingerprint density at radius 3 is 2.60 bits per heavy atom. The summed E-state index contributed by atoms with van der Waals surface area (Å²) in [6.07, 6.45) is 6.59. The predicted molar refractivity (Wildman–Crippen MR) is 100 cm³/mol. The number of carbonyl (C=O) groups is 1. The molecule has 1 aliphatic heterocycles. The number of pyridine rings is 1. The van der Waals surface area contributed by atoms with Gasteiger partial charge in [-0.15, -0.1) is 0 Å². The summed E-state index contributed by atoms with van der Waals surface area (Å²) < 4.78 is 26.1. The lowest BCUT2D eigenvalue weighted by Gasteiger charge is -2.27. The largest absolute Gasteiger partial charge is 0.357 e. The number of aromatic nitrogens is 1. The minimum Gasteiger partial charge on any atom is -0.357 e. The molecule has 1 aromatic heterocycles. The fraction of sp³-hybridized carbons (Fsp3) is 0.647. The summed E-state index contributed by atoms with van der Waals surface area (Å²) >= 11 is 0. The Morgan fingerprint density at radius 1 is 1.28 bits per heavy atom. The molecule has 1 atom stereocenters. The van der Waals surface area contributed by atoms with E-state index >= 15 is 0 Å². The quantitative estimate of drug-likeness (QED) is 0.733. The molecule has 25 heavy (non-hydrogen) atoms. The van der Waals surface area contributed by atoms with Crippen LogP contribution >= 0.6 is 0 Å². The van der Waals surface area contributed by atoms with Crippen LogP contribution in [-0.2, 0) is 14.8 Å². The highest BCUT2D eigenvalue weighted by atomic mass is 32.2. The van der Waals surface area contributed by atoms with Crippen molar-refractivity contribution >= 4 is 27.4 Å².